The van der Waals surface area contributed by atoms with Gasteiger partial charge in [0.1, 0.15) is 11.6 Å². The number of nitriles is 1. The number of hydrogen-bond donors (Lipinski definition) is 2. The number of ether oxygens (including phenoxy) is 1. The standard InChI is InChI=1S/C18H26N4O3/c1-25-18-16(8-19)17(2-5-20-18)22-10-13(14(11-22)12-23)9-21-6-3-15(24)4-7-21/h2,5,13-15,23-24H,3-4,6-7,9-12H2,1H3/t13-,14-/m0/s1. The third-order valence-electron chi connectivity index (χ3n) is 5.40. The van der Waals surface area contributed by atoms with Gasteiger partial charge in [-0.25, -0.2) is 4.98 Å². The van der Waals surface area contributed by atoms with Crippen molar-refractivity contribution in [1.82, 2.24) is 9.88 Å². The summed E-state index contributed by atoms with van der Waals surface area (Å²) in [6.07, 6.45) is 3.12. The molecule has 3 heterocycles. The largest absolute Gasteiger partial charge is 0.480 e. The zero-order valence-electron chi connectivity index (χ0n) is 14.6. The number of aromatic nitrogens is 1. The molecule has 2 N–H and O–H groups in total. The van der Waals surface area contributed by atoms with Crippen molar-refractivity contribution >= 4 is 5.69 Å². The molecule has 0 spiro atoms. The van der Waals surface area contributed by atoms with Crippen LogP contribution in [0, 0.1) is 23.2 Å². The maximum atomic E-state index is 9.81. The fourth-order valence-electron chi connectivity index (χ4n) is 3.94. The molecule has 7 nitrogen and oxygen atoms in total. The minimum atomic E-state index is -0.174. The SMILES string of the molecule is COc1nccc(N2C[C@@H](CO)[C@@H](CN3CCC(O)CC3)C2)c1C#N. The molecule has 0 aromatic carbocycles. The van der Waals surface area contributed by atoms with E-state index in [-0.39, 0.29) is 18.6 Å². The minimum absolute atomic E-state index is 0.141. The fourth-order valence-corrected chi connectivity index (χ4v) is 3.94. The van der Waals surface area contributed by atoms with Crippen LogP contribution >= 0.6 is 0 Å². The summed E-state index contributed by atoms with van der Waals surface area (Å²) in [5.74, 6) is 0.859. The van der Waals surface area contributed by atoms with Gasteiger partial charge in [0, 0.05) is 51.4 Å². The Kier molecular flexibility index (Phi) is 5.74. The van der Waals surface area contributed by atoms with Crippen LogP contribution in [0.3, 0.4) is 0 Å². The van der Waals surface area contributed by atoms with Crippen LogP contribution in [0.25, 0.3) is 0 Å². The lowest BCUT2D eigenvalue weighted by atomic mass is 9.95. The minimum Gasteiger partial charge on any atom is -0.480 e. The summed E-state index contributed by atoms with van der Waals surface area (Å²) in [5.41, 5.74) is 1.27. The molecule has 136 valence electrons. The number of rotatable bonds is 5. The zero-order chi connectivity index (χ0) is 17.8. The molecule has 7 heteroatoms. The highest BCUT2D eigenvalue weighted by atomic mass is 16.5. The van der Waals surface area contributed by atoms with Crippen LogP contribution in [-0.4, -0.2) is 72.6 Å². The molecule has 2 saturated heterocycles. The number of methoxy groups -OCH3 is 1. The molecule has 1 aromatic rings. The number of nitrogens with zero attached hydrogens (tertiary/aromatic N) is 4. The smallest absolute Gasteiger partial charge is 0.233 e. The molecule has 0 radical (unpaired) electrons. The molecule has 0 unspecified atom stereocenters. The molecule has 3 rings (SSSR count). The fraction of sp³-hybridized carbons (Fsp3) is 0.667. The summed E-state index contributed by atoms with van der Waals surface area (Å²) in [5, 5.41) is 29.0. The van der Waals surface area contributed by atoms with Crippen molar-refractivity contribution in [2.75, 3.05) is 51.3 Å². The van der Waals surface area contributed by atoms with Crippen molar-refractivity contribution in [3.05, 3.63) is 17.8 Å². The van der Waals surface area contributed by atoms with Crippen molar-refractivity contribution in [1.29, 1.82) is 5.26 Å². The van der Waals surface area contributed by atoms with Crippen LogP contribution in [0.5, 0.6) is 5.88 Å². The normalized spacial score (nSPS) is 25.1. The zero-order valence-corrected chi connectivity index (χ0v) is 14.6. The summed E-state index contributed by atoms with van der Waals surface area (Å²) >= 11 is 0. The van der Waals surface area contributed by atoms with Gasteiger partial charge in [0.2, 0.25) is 5.88 Å². The van der Waals surface area contributed by atoms with E-state index in [0.717, 1.165) is 51.3 Å². The van der Waals surface area contributed by atoms with Gasteiger partial charge in [-0.2, -0.15) is 5.26 Å². The molecule has 2 atom stereocenters. The average molecular weight is 346 g/mol. The Morgan fingerprint density at radius 1 is 1.32 bits per heavy atom. The number of aliphatic hydroxyl groups is 2. The number of aliphatic hydroxyl groups excluding tert-OH is 2. The van der Waals surface area contributed by atoms with E-state index in [2.05, 4.69) is 20.9 Å². The van der Waals surface area contributed by atoms with E-state index in [0.29, 0.717) is 17.4 Å². The molecule has 2 aliphatic heterocycles. The van der Waals surface area contributed by atoms with Crippen LogP contribution in [0.4, 0.5) is 5.69 Å². The van der Waals surface area contributed by atoms with Gasteiger partial charge < -0.3 is 24.7 Å². The Labute approximate surface area is 148 Å². The van der Waals surface area contributed by atoms with Crippen molar-refractivity contribution < 1.29 is 14.9 Å². The van der Waals surface area contributed by atoms with Gasteiger partial charge >= 0.3 is 0 Å². The molecule has 0 amide bonds. The van der Waals surface area contributed by atoms with Crippen molar-refractivity contribution in [3.8, 4) is 11.9 Å². The first-order valence-corrected chi connectivity index (χ1v) is 8.85. The molecule has 0 bridgehead atoms. The van der Waals surface area contributed by atoms with Gasteiger partial charge in [0.15, 0.2) is 0 Å². The Hall–Kier alpha value is -1.88. The molecular weight excluding hydrogens is 320 g/mol. The molecule has 2 fully saturated rings. The van der Waals surface area contributed by atoms with E-state index in [9.17, 15) is 15.5 Å². The van der Waals surface area contributed by atoms with Gasteiger partial charge in [-0.1, -0.05) is 0 Å². The lowest BCUT2D eigenvalue weighted by Gasteiger charge is -2.32. The summed E-state index contributed by atoms with van der Waals surface area (Å²) in [4.78, 5) is 8.64. The van der Waals surface area contributed by atoms with E-state index in [1.807, 2.05) is 6.07 Å². The second-order valence-electron chi connectivity index (χ2n) is 6.97. The Balaban J connectivity index is 1.72. The number of piperidine rings is 1. The van der Waals surface area contributed by atoms with E-state index in [4.69, 9.17) is 4.74 Å². The quantitative estimate of drug-likeness (QED) is 0.800. The summed E-state index contributed by atoms with van der Waals surface area (Å²) in [6.45, 7) is 4.39. The topological polar surface area (TPSA) is 92.8 Å². The summed E-state index contributed by atoms with van der Waals surface area (Å²) < 4.78 is 5.21. The number of pyridine rings is 1. The van der Waals surface area contributed by atoms with E-state index >= 15 is 0 Å². The number of likely N-dealkylation sites (tertiary alicyclic amines) is 1. The highest BCUT2D eigenvalue weighted by molar-refractivity contribution is 5.63. The predicted octanol–water partition coefficient (Wildman–Crippen LogP) is 0.463. The van der Waals surface area contributed by atoms with Crippen LogP contribution in [0.2, 0.25) is 0 Å². The lowest BCUT2D eigenvalue weighted by molar-refractivity contribution is 0.0687. The van der Waals surface area contributed by atoms with Gasteiger partial charge in [0.25, 0.3) is 0 Å². The summed E-state index contributed by atoms with van der Waals surface area (Å²) in [6, 6.07) is 4.04. The molecule has 25 heavy (non-hydrogen) atoms. The van der Waals surface area contributed by atoms with Crippen molar-refractivity contribution in [2.24, 2.45) is 11.8 Å². The molecular formula is C18H26N4O3. The Morgan fingerprint density at radius 3 is 2.68 bits per heavy atom. The second-order valence-corrected chi connectivity index (χ2v) is 6.97. The van der Waals surface area contributed by atoms with Crippen molar-refractivity contribution in [2.45, 2.75) is 18.9 Å². The van der Waals surface area contributed by atoms with Crippen LogP contribution in [0.15, 0.2) is 12.3 Å². The summed E-state index contributed by atoms with van der Waals surface area (Å²) in [7, 11) is 1.51. The first kappa shape index (κ1) is 17.9. The monoisotopic (exact) mass is 346 g/mol. The highest BCUT2D eigenvalue weighted by Gasteiger charge is 2.35. The van der Waals surface area contributed by atoms with Crippen LogP contribution in [0.1, 0.15) is 18.4 Å². The third kappa shape index (κ3) is 3.87. The second kappa shape index (κ2) is 8.00. The number of hydrogen-bond acceptors (Lipinski definition) is 7. The van der Waals surface area contributed by atoms with Gasteiger partial charge in [0.05, 0.1) is 18.9 Å². The third-order valence-corrected chi connectivity index (χ3v) is 5.40. The van der Waals surface area contributed by atoms with Gasteiger partial charge in [-0.15, -0.1) is 0 Å². The maximum absolute atomic E-state index is 9.81. The predicted molar refractivity (Wildman–Crippen MR) is 93.5 cm³/mol. The van der Waals surface area contributed by atoms with Gasteiger partial charge in [-0.05, 0) is 24.8 Å². The maximum Gasteiger partial charge on any atom is 0.233 e. The van der Waals surface area contributed by atoms with E-state index < -0.39 is 0 Å². The Bertz CT molecular complexity index is 625. The first-order chi connectivity index (χ1) is 12.2. The number of anilines is 1. The van der Waals surface area contributed by atoms with E-state index in [1.165, 1.54) is 7.11 Å². The molecule has 0 saturated carbocycles. The van der Waals surface area contributed by atoms with Crippen LogP contribution < -0.4 is 9.64 Å². The highest BCUT2D eigenvalue weighted by Crippen LogP contribution is 2.33. The molecule has 1 aromatic heterocycles. The van der Waals surface area contributed by atoms with E-state index in [1.54, 1.807) is 6.20 Å². The lowest BCUT2D eigenvalue weighted by Crippen LogP contribution is -2.40. The molecule has 0 aliphatic carbocycles. The van der Waals surface area contributed by atoms with Crippen molar-refractivity contribution in [3.63, 3.8) is 0 Å². The Morgan fingerprint density at radius 2 is 2.04 bits per heavy atom. The first-order valence-electron chi connectivity index (χ1n) is 8.85. The van der Waals surface area contributed by atoms with Gasteiger partial charge in [-0.3, -0.25) is 0 Å². The average Bonchev–Trinajstić information content (AvgIpc) is 3.05. The van der Waals surface area contributed by atoms with Crippen LogP contribution in [-0.2, 0) is 0 Å². The molecule has 2 aliphatic rings.